The van der Waals surface area contributed by atoms with Crippen LogP contribution in [0.25, 0.3) is 0 Å². The fourth-order valence-corrected chi connectivity index (χ4v) is 2.17. The van der Waals surface area contributed by atoms with Crippen molar-refractivity contribution in [2.75, 3.05) is 7.11 Å². The molecule has 0 spiro atoms. The lowest BCUT2D eigenvalue weighted by Crippen LogP contribution is -2.30. The highest BCUT2D eigenvalue weighted by Crippen LogP contribution is 2.32. The number of hydrazine groups is 1. The van der Waals surface area contributed by atoms with Gasteiger partial charge in [0.15, 0.2) is 0 Å². The van der Waals surface area contributed by atoms with Crippen LogP contribution in [0.1, 0.15) is 17.3 Å². The van der Waals surface area contributed by atoms with Crippen LogP contribution in [0.15, 0.2) is 28.7 Å². The van der Waals surface area contributed by atoms with Crippen LogP contribution in [-0.2, 0) is 0 Å². The van der Waals surface area contributed by atoms with Crippen LogP contribution in [0.3, 0.4) is 0 Å². The monoisotopic (exact) mass is 360 g/mol. The fraction of sp³-hybridized carbons (Fsp3) is 0.167. The molecular weight excluding hydrogens is 351 g/mol. The smallest absolute Gasteiger partial charge is 0.233 e. The van der Waals surface area contributed by atoms with Crippen molar-refractivity contribution < 1.29 is 9.13 Å². The van der Waals surface area contributed by atoms with Crippen molar-refractivity contribution in [2.45, 2.75) is 6.04 Å². The molecule has 3 N–H and O–H groups in total. The van der Waals surface area contributed by atoms with Gasteiger partial charge in [-0.2, -0.15) is 0 Å². The highest BCUT2D eigenvalue weighted by atomic mass is 79.9. The molecule has 2 rings (SSSR count). The minimum Gasteiger partial charge on any atom is -0.480 e. The molecule has 5 nitrogen and oxygen atoms in total. The molecule has 1 aromatic heterocycles. The van der Waals surface area contributed by atoms with Gasteiger partial charge < -0.3 is 4.74 Å². The van der Waals surface area contributed by atoms with Crippen molar-refractivity contribution >= 4 is 27.5 Å². The van der Waals surface area contributed by atoms with Crippen molar-refractivity contribution in [3.63, 3.8) is 0 Å². The maximum absolute atomic E-state index is 14.2. The van der Waals surface area contributed by atoms with E-state index < -0.39 is 11.9 Å². The lowest BCUT2D eigenvalue weighted by atomic mass is 10.0. The van der Waals surface area contributed by atoms with Gasteiger partial charge in [-0.05, 0) is 28.1 Å². The van der Waals surface area contributed by atoms with Gasteiger partial charge >= 0.3 is 0 Å². The average molecular weight is 362 g/mol. The van der Waals surface area contributed by atoms with E-state index in [0.29, 0.717) is 16.0 Å². The summed E-state index contributed by atoms with van der Waals surface area (Å²) < 4.78 is 19.6. The van der Waals surface area contributed by atoms with Gasteiger partial charge in [-0.15, -0.1) is 10.2 Å². The molecule has 0 bridgehead atoms. The average Bonchev–Trinajstić information content (AvgIpc) is 2.48. The predicted molar refractivity (Wildman–Crippen MR) is 76.9 cm³/mol. The third-order valence-electron chi connectivity index (χ3n) is 2.71. The summed E-state index contributed by atoms with van der Waals surface area (Å²) in [6.45, 7) is 0. The summed E-state index contributed by atoms with van der Waals surface area (Å²) >= 11 is 9.03. The molecule has 1 atom stereocenters. The number of benzene rings is 1. The molecule has 1 unspecified atom stereocenters. The Morgan fingerprint density at radius 3 is 2.65 bits per heavy atom. The molecule has 20 heavy (non-hydrogen) atoms. The van der Waals surface area contributed by atoms with Crippen molar-refractivity contribution in [2.24, 2.45) is 5.84 Å². The van der Waals surface area contributed by atoms with Crippen LogP contribution >= 0.6 is 27.5 Å². The zero-order valence-electron chi connectivity index (χ0n) is 10.4. The van der Waals surface area contributed by atoms with E-state index in [1.165, 1.54) is 7.11 Å². The van der Waals surface area contributed by atoms with Crippen LogP contribution in [-0.4, -0.2) is 17.3 Å². The summed E-state index contributed by atoms with van der Waals surface area (Å²) in [5, 5.41) is 7.77. The second-order valence-electron chi connectivity index (χ2n) is 3.86. The molecule has 0 aliphatic heterocycles. The summed E-state index contributed by atoms with van der Waals surface area (Å²) in [5.41, 5.74) is 3.23. The Kier molecular flexibility index (Phi) is 4.87. The summed E-state index contributed by atoms with van der Waals surface area (Å²) in [6.07, 6.45) is 0. The maximum Gasteiger partial charge on any atom is 0.233 e. The highest BCUT2D eigenvalue weighted by molar-refractivity contribution is 9.10. The molecular formula is C12H11BrClFN4O. The van der Waals surface area contributed by atoms with Gasteiger partial charge in [0.05, 0.1) is 23.9 Å². The number of aromatic nitrogens is 2. The summed E-state index contributed by atoms with van der Waals surface area (Å²) in [5.74, 6) is 5.29. The minimum absolute atomic E-state index is 0.00998. The Morgan fingerprint density at radius 2 is 2.10 bits per heavy atom. The number of hydrogen-bond donors (Lipinski definition) is 2. The minimum atomic E-state index is -0.668. The van der Waals surface area contributed by atoms with E-state index in [1.54, 1.807) is 24.3 Å². The first kappa shape index (κ1) is 15.1. The third kappa shape index (κ3) is 2.90. The number of rotatable bonds is 4. The Hall–Kier alpha value is -1.28. The van der Waals surface area contributed by atoms with Crippen molar-refractivity contribution in [3.8, 4) is 5.88 Å². The van der Waals surface area contributed by atoms with E-state index in [9.17, 15) is 4.39 Å². The van der Waals surface area contributed by atoms with E-state index in [-0.39, 0.29) is 10.6 Å². The topological polar surface area (TPSA) is 73.1 Å². The summed E-state index contributed by atoms with van der Waals surface area (Å²) in [4.78, 5) is 0. The van der Waals surface area contributed by atoms with Crippen LogP contribution in [0.2, 0.25) is 5.02 Å². The number of methoxy groups -OCH3 is 1. The van der Waals surface area contributed by atoms with Crippen LogP contribution in [0.4, 0.5) is 4.39 Å². The first-order valence-corrected chi connectivity index (χ1v) is 6.72. The molecule has 0 aliphatic carbocycles. The summed E-state index contributed by atoms with van der Waals surface area (Å²) in [6, 6.07) is 5.81. The van der Waals surface area contributed by atoms with Gasteiger partial charge in [0.25, 0.3) is 0 Å². The lowest BCUT2D eigenvalue weighted by molar-refractivity contribution is 0.390. The Bertz CT molecular complexity index is 611. The van der Waals surface area contributed by atoms with Gasteiger partial charge in [0, 0.05) is 16.1 Å². The zero-order valence-corrected chi connectivity index (χ0v) is 12.7. The number of nitrogens with zero attached hydrogens (tertiary/aromatic N) is 2. The third-order valence-corrected chi connectivity index (χ3v) is 3.97. The normalized spacial score (nSPS) is 12.2. The van der Waals surface area contributed by atoms with Crippen molar-refractivity contribution in [3.05, 3.63) is 50.8 Å². The quantitative estimate of drug-likeness (QED) is 0.497. The molecule has 0 radical (unpaired) electrons. The number of hydrogen-bond acceptors (Lipinski definition) is 5. The zero-order chi connectivity index (χ0) is 14.7. The second kappa shape index (κ2) is 6.45. The standard InChI is InChI=1S/C12H11BrClFN4O/c1-20-9-5-4-8(18-19-9)12(17-16)6-2-3-7(13)10(14)11(6)15/h2-5,12,17H,16H2,1H3. The Labute approximate surface area is 128 Å². The second-order valence-corrected chi connectivity index (χ2v) is 5.10. The van der Waals surface area contributed by atoms with Gasteiger partial charge in [0.1, 0.15) is 5.82 Å². The van der Waals surface area contributed by atoms with Gasteiger partial charge in [0.2, 0.25) is 5.88 Å². The number of nitrogens with two attached hydrogens (primary N) is 1. The van der Waals surface area contributed by atoms with Crippen molar-refractivity contribution in [1.29, 1.82) is 0 Å². The van der Waals surface area contributed by atoms with Crippen LogP contribution in [0, 0.1) is 5.82 Å². The van der Waals surface area contributed by atoms with Crippen LogP contribution < -0.4 is 16.0 Å². The Balaban J connectivity index is 2.44. The van der Waals surface area contributed by atoms with Gasteiger partial charge in [-0.3, -0.25) is 5.84 Å². The van der Waals surface area contributed by atoms with Crippen molar-refractivity contribution in [1.82, 2.24) is 15.6 Å². The van der Waals surface area contributed by atoms with Crippen LogP contribution in [0.5, 0.6) is 5.88 Å². The molecule has 2 aromatic rings. The number of ether oxygens (including phenoxy) is 1. The SMILES string of the molecule is COc1ccc(C(NN)c2ccc(Br)c(Cl)c2F)nn1. The first-order valence-electron chi connectivity index (χ1n) is 5.55. The van der Waals surface area contributed by atoms with E-state index in [4.69, 9.17) is 22.2 Å². The molecule has 1 heterocycles. The largest absolute Gasteiger partial charge is 0.480 e. The summed E-state index contributed by atoms with van der Waals surface area (Å²) in [7, 11) is 1.48. The highest BCUT2D eigenvalue weighted by Gasteiger charge is 2.21. The predicted octanol–water partition coefficient (Wildman–Crippen LogP) is 2.59. The van der Waals surface area contributed by atoms with E-state index in [0.717, 1.165) is 0 Å². The molecule has 0 aliphatic rings. The molecule has 0 amide bonds. The maximum atomic E-state index is 14.2. The molecule has 106 valence electrons. The molecule has 1 aromatic carbocycles. The number of nitrogens with one attached hydrogen (secondary N) is 1. The lowest BCUT2D eigenvalue weighted by Gasteiger charge is -2.17. The van der Waals surface area contributed by atoms with E-state index in [1.807, 2.05) is 0 Å². The Morgan fingerprint density at radius 1 is 1.35 bits per heavy atom. The molecule has 0 saturated carbocycles. The van der Waals surface area contributed by atoms with E-state index >= 15 is 0 Å². The first-order chi connectivity index (χ1) is 9.58. The van der Waals surface area contributed by atoms with E-state index in [2.05, 4.69) is 31.6 Å². The van der Waals surface area contributed by atoms with Gasteiger partial charge in [-0.1, -0.05) is 17.7 Å². The molecule has 0 saturated heterocycles. The number of halogens is 3. The van der Waals surface area contributed by atoms with Gasteiger partial charge in [-0.25, -0.2) is 9.82 Å². The fourth-order valence-electron chi connectivity index (χ4n) is 1.69. The molecule has 8 heteroatoms. The molecule has 0 fully saturated rings.